The molecule has 1 heterocycles. The van der Waals surface area contributed by atoms with E-state index >= 15 is 0 Å². The fraction of sp³-hybridized carbons (Fsp3) is 0.0435. The maximum Gasteiger partial charge on any atom is 0.365 e. The molecule has 0 fully saturated rings. The first kappa shape index (κ1) is 21.1. The van der Waals surface area contributed by atoms with Gasteiger partial charge in [0, 0.05) is 5.02 Å². The fourth-order valence-electron chi connectivity index (χ4n) is 3.27. The van der Waals surface area contributed by atoms with E-state index in [1.54, 1.807) is 42.5 Å². The molecule has 3 aromatic carbocycles. The van der Waals surface area contributed by atoms with Crippen molar-refractivity contribution < 1.29 is 24.0 Å². The largest absolute Gasteiger partial charge is 0.496 e. The summed E-state index contributed by atoms with van der Waals surface area (Å²) in [4.78, 5) is 43.8. The molecule has 0 bridgehead atoms. The number of nitrogens with zero attached hydrogens (tertiary/aromatic N) is 2. The molecule has 2 N–H and O–H groups in total. The molecule has 9 heteroatoms. The molecule has 1 aliphatic heterocycles. The number of benzene rings is 3. The highest BCUT2D eigenvalue weighted by Gasteiger charge is 2.36. The van der Waals surface area contributed by atoms with Crippen molar-refractivity contribution in [1.82, 2.24) is 0 Å². The lowest BCUT2D eigenvalue weighted by Crippen LogP contribution is -2.29. The average molecular weight is 450 g/mol. The van der Waals surface area contributed by atoms with Crippen molar-refractivity contribution in [2.45, 2.75) is 0 Å². The van der Waals surface area contributed by atoms with Crippen LogP contribution in [0.5, 0.6) is 5.75 Å². The van der Waals surface area contributed by atoms with E-state index in [0.29, 0.717) is 27.5 Å². The molecule has 4 rings (SSSR count). The van der Waals surface area contributed by atoms with Crippen LogP contribution >= 0.6 is 11.6 Å². The molecule has 0 saturated carbocycles. The minimum Gasteiger partial charge on any atom is -0.496 e. The van der Waals surface area contributed by atoms with Crippen molar-refractivity contribution in [2.24, 2.45) is 10.9 Å². The van der Waals surface area contributed by atoms with E-state index in [2.05, 4.69) is 5.16 Å². The summed E-state index contributed by atoms with van der Waals surface area (Å²) in [6, 6.07) is 17.2. The molecule has 3 aromatic rings. The first-order valence-electron chi connectivity index (χ1n) is 9.37. The van der Waals surface area contributed by atoms with Crippen LogP contribution < -0.4 is 15.4 Å². The highest BCUT2D eigenvalue weighted by Crippen LogP contribution is 2.29. The number of hydrogen-bond acceptors (Lipinski definition) is 6. The standard InChI is InChI=1S/C23H16ClN3O5/c1-31-19-10-9-14(24)12-18(19)20(25)26-32-23(30)13-5-4-6-15(11-13)27-21(28)16-7-2-3-8-17(16)22(27)29/h2-12H,1H3,(H2,25,26). The molecule has 0 saturated heterocycles. The van der Waals surface area contributed by atoms with E-state index in [4.69, 9.17) is 26.9 Å². The Morgan fingerprint density at radius 3 is 2.31 bits per heavy atom. The van der Waals surface area contributed by atoms with Crippen molar-refractivity contribution in [1.29, 1.82) is 0 Å². The van der Waals surface area contributed by atoms with Crippen LogP contribution in [0, 0.1) is 0 Å². The van der Waals surface area contributed by atoms with E-state index < -0.39 is 17.8 Å². The highest BCUT2D eigenvalue weighted by atomic mass is 35.5. The van der Waals surface area contributed by atoms with Crippen LogP contribution in [0.3, 0.4) is 0 Å². The number of anilines is 1. The summed E-state index contributed by atoms with van der Waals surface area (Å²) in [7, 11) is 1.46. The van der Waals surface area contributed by atoms with Gasteiger partial charge in [-0.05, 0) is 48.5 Å². The number of rotatable bonds is 5. The third kappa shape index (κ3) is 3.79. The Balaban J connectivity index is 1.56. The van der Waals surface area contributed by atoms with Crippen molar-refractivity contribution in [3.63, 3.8) is 0 Å². The summed E-state index contributed by atoms with van der Waals surface area (Å²) in [6.07, 6.45) is 0. The van der Waals surface area contributed by atoms with Gasteiger partial charge in [-0.3, -0.25) is 9.59 Å². The maximum absolute atomic E-state index is 12.7. The van der Waals surface area contributed by atoms with Crippen LogP contribution in [0.25, 0.3) is 0 Å². The number of halogens is 1. The van der Waals surface area contributed by atoms with Crippen molar-refractivity contribution >= 4 is 40.9 Å². The number of nitrogens with two attached hydrogens (primary N) is 1. The molecule has 0 atom stereocenters. The van der Waals surface area contributed by atoms with Gasteiger partial charge in [0.1, 0.15) is 5.75 Å². The lowest BCUT2D eigenvalue weighted by atomic mass is 10.1. The van der Waals surface area contributed by atoms with Gasteiger partial charge in [-0.15, -0.1) is 0 Å². The second-order valence-corrected chi connectivity index (χ2v) is 7.18. The van der Waals surface area contributed by atoms with Crippen LogP contribution in [0.1, 0.15) is 36.6 Å². The predicted molar refractivity (Wildman–Crippen MR) is 118 cm³/mol. The molecule has 32 heavy (non-hydrogen) atoms. The Hall–Kier alpha value is -4.17. The average Bonchev–Trinajstić information content (AvgIpc) is 3.07. The summed E-state index contributed by atoms with van der Waals surface area (Å²) in [5, 5.41) is 4.07. The third-order valence-electron chi connectivity index (χ3n) is 4.80. The zero-order valence-electron chi connectivity index (χ0n) is 16.7. The van der Waals surface area contributed by atoms with Gasteiger partial charge in [0.2, 0.25) is 0 Å². The maximum atomic E-state index is 12.7. The summed E-state index contributed by atoms with van der Waals surface area (Å²) >= 11 is 5.98. The van der Waals surface area contributed by atoms with Gasteiger partial charge in [0.25, 0.3) is 11.8 Å². The normalized spacial score (nSPS) is 13.2. The van der Waals surface area contributed by atoms with Crippen molar-refractivity contribution in [3.05, 3.63) is 94.0 Å². The molecule has 8 nitrogen and oxygen atoms in total. The second kappa shape index (κ2) is 8.52. The van der Waals surface area contributed by atoms with Gasteiger partial charge in [0.15, 0.2) is 5.84 Å². The van der Waals surface area contributed by atoms with Crippen LogP contribution in [-0.4, -0.2) is 30.7 Å². The van der Waals surface area contributed by atoms with E-state index in [9.17, 15) is 14.4 Å². The van der Waals surface area contributed by atoms with Crippen LogP contribution in [-0.2, 0) is 4.84 Å². The monoisotopic (exact) mass is 449 g/mol. The van der Waals surface area contributed by atoms with Crippen LogP contribution in [0.2, 0.25) is 5.02 Å². The fourth-order valence-corrected chi connectivity index (χ4v) is 3.44. The SMILES string of the molecule is COc1ccc(Cl)cc1/C(N)=N/OC(=O)c1cccc(N2C(=O)c3ccccc3C2=O)c1. The molecule has 2 amide bonds. The molecule has 0 radical (unpaired) electrons. The molecular weight excluding hydrogens is 434 g/mol. The predicted octanol–water partition coefficient (Wildman–Crippen LogP) is 3.63. The molecule has 0 spiro atoms. The Morgan fingerprint density at radius 2 is 1.66 bits per heavy atom. The van der Waals surface area contributed by atoms with Gasteiger partial charge in [0.05, 0.1) is 35.1 Å². The number of amides is 2. The number of fused-ring (bicyclic) bond motifs is 1. The molecular formula is C23H16ClN3O5. The Labute approximate surface area is 187 Å². The quantitative estimate of drug-likeness (QED) is 0.209. The number of carbonyl (C=O) groups excluding carboxylic acids is 3. The molecule has 0 unspecified atom stereocenters. The van der Waals surface area contributed by atoms with E-state index in [1.165, 1.54) is 31.4 Å². The lowest BCUT2D eigenvalue weighted by Gasteiger charge is -2.14. The lowest BCUT2D eigenvalue weighted by molar-refractivity contribution is 0.0515. The van der Waals surface area contributed by atoms with E-state index in [1.807, 2.05) is 0 Å². The first-order chi connectivity index (χ1) is 15.4. The third-order valence-corrected chi connectivity index (χ3v) is 5.03. The zero-order valence-corrected chi connectivity index (χ0v) is 17.5. The Kier molecular flexibility index (Phi) is 5.61. The van der Waals surface area contributed by atoms with Crippen molar-refractivity contribution in [3.8, 4) is 5.75 Å². The number of imide groups is 1. The number of hydrogen-bond donors (Lipinski definition) is 1. The minimum absolute atomic E-state index is 0.0775. The smallest absolute Gasteiger partial charge is 0.365 e. The zero-order chi connectivity index (χ0) is 22.8. The molecule has 0 aliphatic carbocycles. The van der Waals surface area contributed by atoms with E-state index in [0.717, 1.165) is 4.90 Å². The topological polar surface area (TPSA) is 111 Å². The molecule has 1 aliphatic rings. The number of oxime groups is 1. The summed E-state index contributed by atoms with van der Waals surface area (Å²) in [6.45, 7) is 0. The van der Waals surface area contributed by atoms with Gasteiger partial charge in [-0.25, -0.2) is 9.69 Å². The second-order valence-electron chi connectivity index (χ2n) is 6.74. The van der Waals surface area contributed by atoms with Gasteiger partial charge < -0.3 is 15.3 Å². The Bertz CT molecular complexity index is 1250. The van der Waals surface area contributed by atoms with Crippen molar-refractivity contribution in [2.75, 3.05) is 12.0 Å². The summed E-state index contributed by atoms with van der Waals surface area (Å²) < 4.78 is 5.20. The Morgan fingerprint density at radius 1 is 0.969 bits per heavy atom. The number of amidine groups is 1. The molecule has 0 aromatic heterocycles. The first-order valence-corrected chi connectivity index (χ1v) is 9.75. The van der Waals surface area contributed by atoms with E-state index in [-0.39, 0.29) is 17.1 Å². The summed E-state index contributed by atoms with van der Waals surface area (Å²) in [5.74, 6) is -1.47. The highest BCUT2D eigenvalue weighted by molar-refractivity contribution is 6.34. The van der Waals surface area contributed by atoms with Gasteiger partial charge in [-0.2, -0.15) is 0 Å². The minimum atomic E-state index is -0.826. The number of methoxy groups -OCH3 is 1. The summed E-state index contributed by atoms with van der Waals surface area (Å²) in [5.41, 5.74) is 7.19. The number of carbonyl (C=O) groups is 3. The van der Waals surface area contributed by atoms with Gasteiger partial charge in [-0.1, -0.05) is 35.0 Å². The molecule has 160 valence electrons. The van der Waals surface area contributed by atoms with Crippen LogP contribution in [0.15, 0.2) is 71.9 Å². The number of ether oxygens (including phenoxy) is 1. The van der Waals surface area contributed by atoms with Crippen LogP contribution in [0.4, 0.5) is 5.69 Å². The van der Waals surface area contributed by atoms with Gasteiger partial charge >= 0.3 is 5.97 Å².